The van der Waals surface area contributed by atoms with Crippen molar-refractivity contribution in [2.45, 2.75) is 37.1 Å². The maximum absolute atomic E-state index is 14.8. The first-order chi connectivity index (χ1) is 13.7. The zero-order valence-corrected chi connectivity index (χ0v) is 18.0. The lowest BCUT2D eigenvalue weighted by atomic mass is 10.1. The van der Waals surface area contributed by atoms with Crippen LogP contribution in [0.2, 0.25) is 5.02 Å². The van der Waals surface area contributed by atoms with Gasteiger partial charge in [0, 0.05) is 30.9 Å². The van der Waals surface area contributed by atoms with E-state index in [1.807, 2.05) is 25.7 Å². The SMILES string of the molecule is CCN(CC)c1cc2c(cc1F)c(=O)c(S(=O)(=O)c1cccc(Cl)c1)cn2CC. The Kier molecular flexibility index (Phi) is 6.00. The molecule has 0 N–H and O–H groups in total. The van der Waals surface area contributed by atoms with Gasteiger partial charge in [0.1, 0.15) is 10.7 Å². The molecule has 29 heavy (non-hydrogen) atoms. The van der Waals surface area contributed by atoms with Crippen molar-refractivity contribution in [1.82, 2.24) is 4.57 Å². The molecule has 3 rings (SSSR count). The van der Waals surface area contributed by atoms with Gasteiger partial charge in [-0.3, -0.25) is 4.79 Å². The number of rotatable bonds is 6. The fourth-order valence-electron chi connectivity index (χ4n) is 3.39. The normalized spacial score (nSPS) is 11.8. The highest BCUT2D eigenvalue weighted by Crippen LogP contribution is 2.28. The van der Waals surface area contributed by atoms with Crippen LogP contribution in [0.1, 0.15) is 20.8 Å². The van der Waals surface area contributed by atoms with Crippen LogP contribution in [0.15, 0.2) is 57.2 Å². The number of fused-ring (bicyclic) bond motifs is 1. The number of pyridine rings is 1. The van der Waals surface area contributed by atoms with Crippen molar-refractivity contribution >= 4 is 38.0 Å². The maximum Gasteiger partial charge on any atom is 0.211 e. The molecule has 0 radical (unpaired) electrons. The molecular formula is C21H22ClFN2O3S. The van der Waals surface area contributed by atoms with Gasteiger partial charge in [0.2, 0.25) is 15.3 Å². The molecule has 5 nitrogen and oxygen atoms in total. The third kappa shape index (κ3) is 3.76. The van der Waals surface area contributed by atoms with Crippen molar-refractivity contribution in [3.05, 3.63) is 63.7 Å². The molecule has 0 unspecified atom stereocenters. The third-order valence-corrected chi connectivity index (χ3v) is 6.94. The second-order valence-corrected chi connectivity index (χ2v) is 8.92. The highest BCUT2D eigenvalue weighted by molar-refractivity contribution is 7.91. The van der Waals surface area contributed by atoms with Crippen LogP contribution < -0.4 is 10.3 Å². The molecule has 0 atom stereocenters. The van der Waals surface area contributed by atoms with Crippen LogP contribution in [-0.4, -0.2) is 26.1 Å². The molecule has 0 aliphatic heterocycles. The Morgan fingerprint density at radius 1 is 1.10 bits per heavy atom. The Morgan fingerprint density at radius 3 is 2.38 bits per heavy atom. The highest BCUT2D eigenvalue weighted by Gasteiger charge is 2.25. The second-order valence-electron chi connectivity index (χ2n) is 6.56. The molecule has 0 bridgehead atoms. The summed E-state index contributed by atoms with van der Waals surface area (Å²) in [6.07, 6.45) is 1.32. The lowest BCUT2D eigenvalue weighted by molar-refractivity contribution is 0.593. The molecule has 0 aliphatic carbocycles. The minimum absolute atomic E-state index is 0.0309. The summed E-state index contributed by atoms with van der Waals surface area (Å²) in [6, 6.07) is 8.47. The molecule has 0 saturated carbocycles. The summed E-state index contributed by atoms with van der Waals surface area (Å²) in [5.41, 5.74) is 0.148. The predicted octanol–water partition coefficient (Wildman–Crippen LogP) is 4.49. The van der Waals surface area contributed by atoms with Gasteiger partial charge in [-0.25, -0.2) is 12.8 Å². The Bertz CT molecular complexity index is 1230. The Morgan fingerprint density at radius 2 is 1.79 bits per heavy atom. The summed E-state index contributed by atoms with van der Waals surface area (Å²) >= 11 is 5.93. The van der Waals surface area contributed by atoms with Gasteiger partial charge in [-0.2, -0.15) is 0 Å². The molecule has 8 heteroatoms. The van der Waals surface area contributed by atoms with Gasteiger partial charge in [-0.15, -0.1) is 0 Å². The first-order valence-corrected chi connectivity index (χ1v) is 11.2. The summed E-state index contributed by atoms with van der Waals surface area (Å²) in [6.45, 7) is 7.30. The number of aryl methyl sites for hydroxylation is 1. The summed E-state index contributed by atoms with van der Waals surface area (Å²) < 4.78 is 42.7. The number of benzene rings is 2. The molecule has 1 heterocycles. The smallest absolute Gasteiger partial charge is 0.211 e. The predicted molar refractivity (Wildman–Crippen MR) is 114 cm³/mol. The van der Waals surface area contributed by atoms with E-state index in [1.54, 1.807) is 16.7 Å². The van der Waals surface area contributed by atoms with E-state index in [4.69, 9.17) is 11.6 Å². The fraction of sp³-hybridized carbons (Fsp3) is 0.286. The van der Waals surface area contributed by atoms with Crippen LogP contribution in [0.3, 0.4) is 0 Å². The maximum atomic E-state index is 14.8. The Labute approximate surface area is 174 Å². The number of aromatic nitrogens is 1. The minimum atomic E-state index is -4.12. The summed E-state index contributed by atoms with van der Waals surface area (Å²) in [7, 11) is -4.12. The molecular weight excluding hydrogens is 415 g/mol. The molecule has 0 saturated heterocycles. The van der Waals surface area contributed by atoms with Crippen molar-refractivity contribution in [2.75, 3.05) is 18.0 Å². The largest absolute Gasteiger partial charge is 0.370 e. The van der Waals surface area contributed by atoms with Crippen LogP contribution >= 0.6 is 11.6 Å². The van der Waals surface area contributed by atoms with E-state index in [2.05, 4.69) is 0 Å². The number of anilines is 1. The molecule has 0 aliphatic rings. The lowest BCUT2D eigenvalue weighted by Gasteiger charge is -2.23. The van der Waals surface area contributed by atoms with Crippen molar-refractivity contribution in [3.63, 3.8) is 0 Å². The number of nitrogens with zero attached hydrogens (tertiary/aromatic N) is 2. The van der Waals surface area contributed by atoms with Crippen molar-refractivity contribution in [2.24, 2.45) is 0 Å². The molecule has 0 amide bonds. The monoisotopic (exact) mass is 436 g/mol. The van der Waals surface area contributed by atoms with Gasteiger partial charge < -0.3 is 9.47 Å². The van der Waals surface area contributed by atoms with Crippen LogP contribution in [0, 0.1) is 5.82 Å². The van der Waals surface area contributed by atoms with Crippen molar-refractivity contribution < 1.29 is 12.8 Å². The summed E-state index contributed by atoms with van der Waals surface area (Å²) in [5, 5.41) is 0.279. The number of hydrogen-bond donors (Lipinski definition) is 0. The van der Waals surface area contributed by atoms with E-state index in [1.165, 1.54) is 24.4 Å². The van der Waals surface area contributed by atoms with Gasteiger partial charge in [0.15, 0.2) is 0 Å². The average molecular weight is 437 g/mol. The molecule has 0 fully saturated rings. The molecule has 1 aromatic heterocycles. The van der Waals surface area contributed by atoms with E-state index in [0.717, 1.165) is 6.07 Å². The minimum Gasteiger partial charge on any atom is -0.370 e. The second kappa shape index (κ2) is 8.16. The number of halogens is 2. The highest BCUT2D eigenvalue weighted by atomic mass is 35.5. The molecule has 2 aromatic carbocycles. The Balaban J connectivity index is 2.33. The fourth-order valence-corrected chi connectivity index (χ4v) is 5.06. The summed E-state index contributed by atoms with van der Waals surface area (Å²) in [5.74, 6) is -0.557. The topological polar surface area (TPSA) is 59.4 Å². The van der Waals surface area contributed by atoms with Gasteiger partial charge in [0.25, 0.3) is 0 Å². The zero-order valence-electron chi connectivity index (χ0n) is 16.4. The van der Waals surface area contributed by atoms with Gasteiger partial charge in [0.05, 0.1) is 21.5 Å². The van der Waals surface area contributed by atoms with E-state index < -0.39 is 26.0 Å². The van der Waals surface area contributed by atoms with E-state index in [0.29, 0.717) is 30.8 Å². The van der Waals surface area contributed by atoms with Gasteiger partial charge in [-0.05, 0) is 51.1 Å². The first kappa shape index (κ1) is 21.3. The van der Waals surface area contributed by atoms with Crippen LogP contribution in [-0.2, 0) is 16.4 Å². The molecule has 154 valence electrons. The van der Waals surface area contributed by atoms with Crippen molar-refractivity contribution in [1.29, 1.82) is 0 Å². The molecule has 3 aromatic rings. The lowest BCUT2D eigenvalue weighted by Crippen LogP contribution is -2.24. The van der Waals surface area contributed by atoms with E-state index in [9.17, 15) is 17.6 Å². The van der Waals surface area contributed by atoms with Gasteiger partial charge in [-0.1, -0.05) is 17.7 Å². The van der Waals surface area contributed by atoms with Gasteiger partial charge >= 0.3 is 0 Å². The van der Waals surface area contributed by atoms with E-state index >= 15 is 0 Å². The first-order valence-electron chi connectivity index (χ1n) is 9.36. The quantitative estimate of drug-likeness (QED) is 0.571. The molecule has 0 spiro atoms. The standard InChI is InChI=1S/C21H22ClFN2O3S/c1-4-24(5-2)19-12-18-16(11-17(19)23)21(26)20(13-25(18)6-3)29(27,28)15-9-7-8-14(22)10-15/h7-13H,4-6H2,1-3H3. The number of sulfone groups is 1. The van der Waals surface area contributed by atoms with Crippen LogP contribution in [0.25, 0.3) is 10.9 Å². The Hall–Kier alpha value is -2.38. The van der Waals surface area contributed by atoms with Crippen molar-refractivity contribution in [3.8, 4) is 0 Å². The average Bonchev–Trinajstić information content (AvgIpc) is 2.70. The van der Waals surface area contributed by atoms with Crippen LogP contribution in [0.5, 0.6) is 0 Å². The van der Waals surface area contributed by atoms with Crippen LogP contribution in [0.4, 0.5) is 10.1 Å². The summed E-state index contributed by atoms with van der Waals surface area (Å²) in [4.78, 5) is 14.4. The third-order valence-electron chi connectivity index (χ3n) is 4.96. The van der Waals surface area contributed by atoms with E-state index in [-0.39, 0.29) is 15.3 Å². The zero-order chi connectivity index (χ0) is 21.3. The number of hydrogen-bond acceptors (Lipinski definition) is 4.